The predicted octanol–water partition coefficient (Wildman–Crippen LogP) is 3.12. The Morgan fingerprint density at radius 3 is 2.84 bits per heavy atom. The number of rotatable bonds is 2. The highest BCUT2D eigenvalue weighted by Crippen LogP contribution is 2.42. The molecule has 0 radical (unpaired) electrons. The lowest BCUT2D eigenvalue weighted by atomic mass is 9.96. The first-order chi connectivity index (χ1) is 15.6. The van der Waals surface area contributed by atoms with E-state index in [4.69, 9.17) is 14.2 Å². The summed E-state index contributed by atoms with van der Waals surface area (Å²) in [4.78, 5) is 8.63. The number of hydrogen-bond acceptors (Lipinski definition) is 8. The lowest BCUT2D eigenvalue weighted by molar-refractivity contribution is 0.249. The summed E-state index contributed by atoms with van der Waals surface area (Å²) >= 11 is 0. The van der Waals surface area contributed by atoms with Crippen molar-refractivity contribution in [1.29, 1.82) is 0 Å². The number of aryl methyl sites for hydroxylation is 1. The van der Waals surface area contributed by atoms with Gasteiger partial charge in [-0.05, 0) is 25.1 Å². The van der Waals surface area contributed by atoms with Crippen LogP contribution in [0.4, 0.5) is 10.2 Å². The quantitative estimate of drug-likeness (QED) is 0.514. The van der Waals surface area contributed by atoms with E-state index in [-0.39, 0.29) is 18.3 Å². The van der Waals surface area contributed by atoms with Gasteiger partial charge in [0.05, 0.1) is 31.9 Å². The summed E-state index contributed by atoms with van der Waals surface area (Å²) in [5.41, 5.74) is 4.36. The van der Waals surface area contributed by atoms with Gasteiger partial charge in [0.1, 0.15) is 17.9 Å². The molecule has 4 aromatic rings. The van der Waals surface area contributed by atoms with E-state index in [2.05, 4.69) is 25.5 Å². The second kappa shape index (κ2) is 7.04. The summed E-state index contributed by atoms with van der Waals surface area (Å²) in [6.45, 7) is 2.96. The van der Waals surface area contributed by atoms with Crippen LogP contribution < -0.4 is 19.5 Å². The lowest BCUT2D eigenvalue weighted by Crippen LogP contribution is -2.13. The number of nitrogens with zero attached hydrogens (tertiary/aromatic N) is 5. The molecule has 0 aliphatic carbocycles. The SMILES string of the molecule is COc1ncc(-c2cc3c(n4cnnc24)NCc2c(F)ccc4c2[C@@H](CO4)CO3)c(C)n1. The van der Waals surface area contributed by atoms with E-state index >= 15 is 0 Å². The molecule has 0 spiro atoms. The minimum Gasteiger partial charge on any atom is -0.493 e. The Morgan fingerprint density at radius 1 is 1.19 bits per heavy atom. The molecule has 0 amide bonds. The maximum absolute atomic E-state index is 14.7. The number of benzene rings is 1. The molecule has 0 saturated carbocycles. The van der Waals surface area contributed by atoms with Gasteiger partial charge < -0.3 is 19.5 Å². The number of halogens is 1. The van der Waals surface area contributed by atoms with Crippen LogP contribution in [0.2, 0.25) is 0 Å². The van der Waals surface area contributed by atoms with Gasteiger partial charge in [-0.3, -0.25) is 4.40 Å². The zero-order valence-electron chi connectivity index (χ0n) is 17.4. The zero-order valence-corrected chi connectivity index (χ0v) is 17.4. The number of pyridine rings is 1. The summed E-state index contributed by atoms with van der Waals surface area (Å²) in [6, 6.07) is 5.32. The summed E-state index contributed by atoms with van der Waals surface area (Å²) in [7, 11) is 1.53. The molecule has 9 nitrogen and oxygen atoms in total. The number of hydrogen-bond donors (Lipinski definition) is 1. The van der Waals surface area contributed by atoms with Gasteiger partial charge in [0, 0.05) is 35.0 Å². The first kappa shape index (κ1) is 18.8. The minimum absolute atomic E-state index is 0.0606. The van der Waals surface area contributed by atoms with Crippen molar-refractivity contribution in [3.05, 3.63) is 53.4 Å². The van der Waals surface area contributed by atoms with Crippen LogP contribution in [0.15, 0.2) is 30.7 Å². The van der Waals surface area contributed by atoms with Gasteiger partial charge in [0.15, 0.2) is 17.2 Å². The number of ether oxygens (including phenoxy) is 3. The van der Waals surface area contributed by atoms with Gasteiger partial charge in [-0.2, -0.15) is 4.98 Å². The van der Waals surface area contributed by atoms with E-state index in [0.717, 1.165) is 22.4 Å². The van der Waals surface area contributed by atoms with Crippen LogP contribution in [0, 0.1) is 12.7 Å². The Bertz CT molecular complexity index is 1370. The van der Waals surface area contributed by atoms with Crippen molar-refractivity contribution >= 4 is 11.5 Å². The number of nitrogens with one attached hydrogen (secondary N) is 1. The predicted molar refractivity (Wildman–Crippen MR) is 113 cm³/mol. The third kappa shape index (κ3) is 2.75. The summed E-state index contributed by atoms with van der Waals surface area (Å²) in [6.07, 6.45) is 3.30. The van der Waals surface area contributed by atoms with Crippen molar-refractivity contribution < 1.29 is 18.6 Å². The van der Waals surface area contributed by atoms with Crippen molar-refractivity contribution in [2.24, 2.45) is 0 Å². The molecule has 1 atom stereocenters. The van der Waals surface area contributed by atoms with Gasteiger partial charge in [-0.25, -0.2) is 9.37 Å². The van der Waals surface area contributed by atoms with Crippen molar-refractivity contribution in [3.63, 3.8) is 0 Å². The topological polar surface area (TPSA) is 95.7 Å². The highest BCUT2D eigenvalue weighted by atomic mass is 19.1. The maximum Gasteiger partial charge on any atom is 0.316 e. The average Bonchev–Trinajstić information content (AvgIpc) is 3.45. The van der Waals surface area contributed by atoms with Crippen molar-refractivity contribution in [3.8, 4) is 28.6 Å². The number of anilines is 1. The molecule has 0 fully saturated rings. The van der Waals surface area contributed by atoms with E-state index < -0.39 is 0 Å². The fraction of sp³-hybridized carbons (Fsp3) is 0.273. The minimum atomic E-state index is -0.266. The number of aromatic nitrogens is 5. The summed E-state index contributed by atoms with van der Waals surface area (Å²) in [5.74, 6) is 1.64. The smallest absolute Gasteiger partial charge is 0.316 e. The molecule has 2 aliphatic rings. The van der Waals surface area contributed by atoms with Crippen LogP contribution in [-0.2, 0) is 6.54 Å². The van der Waals surface area contributed by atoms with Gasteiger partial charge in [-0.15, -0.1) is 10.2 Å². The highest BCUT2D eigenvalue weighted by molar-refractivity contribution is 5.82. The molecule has 10 heteroatoms. The Balaban J connectivity index is 1.51. The van der Waals surface area contributed by atoms with Crippen molar-refractivity contribution in [2.45, 2.75) is 19.4 Å². The third-order valence-electron chi connectivity index (χ3n) is 5.95. The van der Waals surface area contributed by atoms with E-state index in [0.29, 0.717) is 47.8 Å². The van der Waals surface area contributed by atoms with Gasteiger partial charge in [-0.1, -0.05) is 0 Å². The summed E-state index contributed by atoms with van der Waals surface area (Å²) in [5, 5.41) is 11.7. The molecule has 1 aromatic carbocycles. The van der Waals surface area contributed by atoms with Crippen molar-refractivity contribution in [1.82, 2.24) is 24.6 Å². The lowest BCUT2D eigenvalue weighted by Gasteiger charge is -2.17. The molecule has 1 N–H and O–H groups in total. The van der Waals surface area contributed by atoms with Crippen LogP contribution >= 0.6 is 0 Å². The zero-order chi connectivity index (χ0) is 21.8. The second-order valence-electron chi connectivity index (χ2n) is 7.76. The van der Waals surface area contributed by atoms with Crippen LogP contribution in [0.1, 0.15) is 22.7 Å². The average molecular weight is 434 g/mol. The van der Waals surface area contributed by atoms with Crippen LogP contribution in [-0.4, -0.2) is 44.9 Å². The molecule has 0 unspecified atom stereocenters. The van der Waals surface area contributed by atoms with Crippen LogP contribution in [0.25, 0.3) is 16.8 Å². The molecular weight excluding hydrogens is 415 g/mol. The second-order valence-corrected chi connectivity index (χ2v) is 7.76. The van der Waals surface area contributed by atoms with Gasteiger partial charge in [0.2, 0.25) is 0 Å². The van der Waals surface area contributed by atoms with Crippen LogP contribution in [0.3, 0.4) is 0 Å². The third-order valence-corrected chi connectivity index (χ3v) is 5.95. The van der Waals surface area contributed by atoms with E-state index in [9.17, 15) is 4.39 Å². The number of fused-ring (bicyclic) bond motifs is 3. The standard InChI is InChI=1S/C22H19FN6O3/c1-11-14(6-25-22(27-11)30-2)13-5-18-21(29-10-26-28-20(13)29)24-7-15-16(23)3-4-17-19(15)12(8-31-17)9-32-18/h3-6,10,12,24H,7-9H2,1-2H3/t12-/m0/s1. The first-order valence-electron chi connectivity index (χ1n) is 10.2. The molecule has 162 valence electrons. The van der Waals surface area contributed by atoms with Crippen LogP contribution in [0.5, 0.6) is 17.5 Å². The summed E-state index contributed by atoms with van der Waals surface area (Å²) < 4.78 is 33.7. The molecule has 6 rings (SSSR count). The van der Waals surface area contributed by atoms with Gasteiger partial charge >= 0.3 is 6.01 Å². The fourth-order valence-corrected chi connectivity index (χ4v) is 4.39. The molecule has 0 saturated heterocycles. The van der Waals surface area contributed by atoms with Crippen molar-refractivity contribution in [2.75, 3.05) is 25.6 Å². The Kier molecular flexibility index (Phi) is 4.14. The molecule has 5 heterocycles. The fourth-order valence-electron chi connectivity index (χ4n) is 4.39. The largest absolute Gasteiger partial charge is 0.493 e. The monoisotopic (exact) mass is 434 g/mol. The normalized spacial score (nSPS) is 16.7. The Morgan fingerprint density at radius 2 is 2.03 bits per heavy atom. The Hall–Kier alpha value is -3.95. The van der Waals surface area contributed by atoms with E-state index in [1.165, 1.54) is 13.2 Å². The maximum atomic E-state index is 14.7. The first-order valence-corrected chi connectivity index (χ1v) is 10.2. The molecule has 32 heavy (non-hydrogen) atoms. The van der Waals surface area contributed by atoms with Gasteiger partial charge in [0.25, 0.3) is 0 Å². The molecule has 0 bridgehead atoms. The van der Waals surface area contributed by atoms with E-state index in [1.807, 2.05) is 13.0 Å². The number of methoxy groups -OCH3 is 1. The highest BCUT2D eigenvalue weighted by Gasteiger charge is 2.31. The molecular formula is C22H19FN6O3. The molecule has 2 aliphatic heterocycles. The van der Waals surface area contributed by atoms with E-state index in [1.54, 1.807) is 23.0 Å². The Labute approximate surface area is 182 Å². The molecule has 3 aromatic heterocycles.